The van der Waals surface area contributed by atoms with Crippen molar-refractivity contribution in [1.82, 2.24) is 5.32 Å². The zero-order valence-corrected chi connectivity index (χ0v) is 16.5. The van der Waals surface area contributed by atoms with E-state index in [1.54, 1.807) is 26.1 Å². The zero-order valence-electron chi connectivity index (χ0n) is 16.5. The Morgan fingerprint density at radius 2 is 1.93 bits per heavy atom. The van der Waals surface area contributed by atoms with Crippen LogP contribution in [0.3, 0.4) is 0 Å². The molecule has 2 aromatic carbocycles. The summed E-state index contributed by atoms with van der Waals surface area (Å²) in [5, 5.41) is 2.65. The van der Waals surface area contributed by atoms with Crippen molar-refractivity contribution in [2.75, 3.05) is 18.6 Å². The highest BCUT2D eigenvalue weighted by atomic mass is 16.5. The van der Waals surface area contributed by atoms with Crippen molar-refractivity contribution in [3.63, 3.8) is 0 Å². The number of nitrogens with two attached hydrogens (primary N) is 1. The largest absolute Gasteiger partial charge is 0.489 e. The Balaban J connectivity index is 1.64. The molecule has 1 heterocycles. The minimum Gasteiger partial charge on any atom is -0.489 e. The van der Waals surface area contributed by atoms with Gasteiger partial charge in [0.05, 0.1) is 17.9 Å². The van der Waals surface area contributed by atoms with Gasteiger partial charge < -0.3 is 20.7 Å². The maximum atomic E-state index is 12.7. The number of aliphatic imine (C=N–C) groups is 1. The first kappa shape index (κ1) is 20.1. The number of amides is 2. The first-order chi connectivity index (χ1) is 14.0. The van der Waals surface area contributed by atoms with Crippen LogP contribution in [0.2, 0.25) is 0 Å². The lowest BCUT2D eigenvalue weighted by Crippen LogP contribution is -2.50. The smallest absolute Gasteiger partial charge is 0.267 e. The molecule has 3 N–H and O–H groups in total. The summed E-state index contributed by atoms with van der Waals surface area (Å²) in [5.74, 6) is -0.223. The lowest BCUT2D eigenvalue weighted by Gasteiger charge is -2.20. The Morgan fingerprint density at radius 3 is 2.69 bits per heavy atom. The third-order valence-electron chi connectivity index (χ3n) is 4.55. The minimum absolute atomic E-state index is 0.0171. The Hall–Kier alpha value is -3.61. The average Bonchev–Trinajstić information content (AvgIpc) is 2.85. The number of benzene rings is 2. The lowest BCUT2D eigenvalue weighted by atomic mass is 10.2. The van der Waals surface area contributed by atoms with Crippen molar-refractivity contribution in [3.05, 3.63) is 71.9 Å². The van der Waals surface area contributed by atoms with Gasteiger partial charge in [0.25, 0.3) is 11.8 Å². The molecule has 1 atom stereocenters. The lowest BCUT2D eigenvalue weighted by molar-refractivity contribution is -0.126. The molecule has 3 rings (SSSR count). The second-order valence-corrected chi connectivity index (χ2v) is 6.74. The monoisotopic (exact) mass is 392 g/mol. The molecule has 29 heavy (non-hydrogen) atoms. The number of hydrogen-bond donors (Lipinski definition) is 2. The second-order valence-electron chi connectivity index (χ2n) is 6.74. The van der Waals surface area contributed by atoms with E-state index >= 15 is 0 Å². The molecule has 0 spiro atoms. The SMILES string of the molecule is CC(C=C(N)C(=O)N[C@H]1COc2ccccc2N(C)C1=O)=NCc1ccccc1. The van der Waals surface area contributed by atoms with Crippen LogP contribution in [0.25, 0.3) is 0 Å². The molecule has 1 aliphatic heterocycles. The summed E-state index contributed by atoms with van der Waals surface area (Å²) in [7, 11) is 1.65. The third kappa shape index (κ3) is 5.01. The number of ether oxygens (including phenoxy) is 1. The van der Waals surface area contributed by atoms with E-state index in [0.717, 1.165) is 5.56 Å². The van der Waals surface area contributed by atoms with Crippen molar-refractivity contribution >= 4 is 23.2 Å². The van der Waals surface area contributed by atoms with E-state index < -0.39 is 11.9 Å². The predicted octanol–water partition coefficient (Wildman–Crippen LogP) is 2.03. The van der Waals surface area contributed by atoms with Gasteiger partial charge in [0.1, 0.15) is 18.4 Å². The minimum atomic E-state index is -0.839. The van der Waals surface area contributed by atoms with E-state index in [9.17, 15) is 9.59 Å². The first-order valence-electron chi connectivity index (χ1n) is 9.28. The normalized spacial score (nSPS) is 17.2. The maximum Gasteiger partial charge on any atom is 0.267 e. The number of hydrogen-bond acceptors (Lipinski definition) is 5. The molecule has 0 fully saturated rings. The van der Waals surface area contributed by atoms with Gasteiger partial charge >= 0.3 is 0 Å². The fraction of sp³-hybridized carbons (Fsp3) is 0.227. The number of likely N-dealkylation sites (N-methyl/N-ethyl adjacent to an activating group) is 1. The summed E-state index contributed by atoms with van der Waals surface area (Å²) in [5.41, 5.74) is 8.23. The Bertz CT molecular complexity index is 954. The number of anilines is 1. The molecule has 0 saturated carbocycles. The van der Waals surface area contributed by atoms with Gasteiger partial charge in [0.2, 0.25) is 0 Å². The molecule has 7 heteroatoms. The Kier molecular flexibility index (Phi) is 6.29. The molecule has 0 saturated heterocycles. The van der Waals surface area contributed by atoms with Gasteiger partial charge in [-0.1, -0.05) is 42.5 Å². The fourth-order valence-corrected chi connectivity index (χ4v) is 2.93. The number of fused-ring (bicyclic) bond motifs is 1. The summed E-state index contributed by atoms with van der Waals surface area (Å²) >= 11 is 0. The van der Waals surface area contributed by atoms with Crippen LogP contribution >= 0.6 is 0 Å². The highest BCUT2D eigenvalue weighted by molar-refractivity contribution is 6.05. The molecule has 150 valence electrons. The molecule has 2 amide bonds. The van der Waals surface area contributed by atoms with Crippen LogP contribution in [0.15, 0.2) is 71.4 Å². The molecule has 0 aromatic heterocycles. The van der Waals surface area contributed by atoms with Crippen molar-refractivity contribution in [2.45, 2.75) is 19.5 Å². The van der Waals surface area contributed by atoms with Gasteiger partial charge in [-0.15, -0.1) is 0 Å². The fourth-order valence-electron chi connectivity index (χ4n) is 2.93. The van der Waals surface area contributed by atoms with E-state index in [4.69, 9.17) is 10.5 Å². The van der Waals surface area contributed by atoms with Crippen LogP contribution in [0.1, 0.15) is 12.5 Å². The molecule has 0 radical (unpaired) electrons. The van der Waals surface area contributed by atoms with Gasteiger partial charge in [-0.3, -0.25) is 14.6 Å². The standard InChI is InChI=1S/C22H24N4O3/c1-15(24-13-16-8-4-3-5-9-16)12-17(23)21(27)25-18-14-29-20-11-7-6-10-19(20)26(2)22(18)28/h3-12,18H,13-14,23H2,1-2H3,(H,25,27)/t18-/m0/s1. The highest BCUT2D eigenvalue weighted by Gasteiger charge is 2.30. The molecule has 0 bridgehead atoms. The second kappa shape index (κ2) is 9.05. The third-order valence-corrected chi connectivity index (χ3v) is 4.55. The molecule has 2 aromatic rings. The zero-order chi connectivity index (χ0) is 20.8. The highest BCUT2D eigenvalue weighted by Crippen LogP contribution is 2.29. The topological polar surface area (TPSA) is 97.0 Å². The van der Waals surface area contributed by atoms with Crippen molar-refractivity contribution < 1.29 is 14.3 Å². The Morgan fingerprint density at radius 1 is 1.24 bits per heavy atom. The van der Waals surface area contributed by atoms with Crippen molar-refractivity contribution in [3.8, 4) is 5.75 Å². The molecule has 0 aliphatic carbocycles. The predicted molar refractivity (Wildman–Crippen MR) is 113 cm³/mol. The number of rotatable bonds is 5. The number of carbonyl (C=O) groups is 2. The number of allylic oxidation sites excluding steroid dienone is 1. The Labute approximate surface area is 169 Å². The number of nitrogens with one attached hydrogen (secondary N) is 1. The van der Waals surface area contributed by atoms with E-state index in [1.807, 2.05) is 42.5 Å². The van der Waals surface area contributed by atoms with Crippen LogP contribution in [0, 0.1) is 0 Å². The molecular formula is C22H24N4O3. The van der Waals surface area contributed by atoms with E-state index in [1.165, 1.54) is 11.0 Å². The maximum absolute atomic E-state index is 12.7. The summed E-state index contributed by atoms with van der Waals surface area (Å²) < 4.78 is 5.69. The van der Waals surface area contributed by atoms with Crippen molar-refractivity contribution in [2.24, 2.45) is 10.7 Å². The molecule has 0 unspecified atom stereocenters. The van der Waals surface area contributed by atoms with Crippen LogP contribution in [-0.2, 0) is 16.1 Å². The first-order valence-corrected chi connectivity index (χ1v) is 9.28. The summed E-state index contributed by atoms with van der Waals surface area (Å²) in [4.78, 5) is 31.1. The van der Waals surface area contributed by atoms with Gasteiger partial charge in [0, 0.05) is 12.8 Å². The van der Waals surface area contributed by atoms with Crippen molar-refractivity contribution in [1.29, 1.82) is 0 Å². The molecule has 1 aliphatic rings. The van der Waals surface area contributed by atoms with E-state index in [-0.39, 0.29) is 18.2 Å². The van der Waals surface area contributed by atoms with Crippen LogP contribution in [0.4, 0.5) is 5.69 Å². The summed E-state index contributed by atoms with van der Waals surface area (Å²) in [6.45, 7) is 2.30. The number of nitrogens with zero attached hydrogens (tertiary/aromatic N) is 2. The van der Waals surface area contributed by atoms with E-state index in [0.29, 0.717) is 23.7 Å². The van der Waals surface area contributed by atoms with E-state index in [2.05, 4.69) is 10.3 Å². The molecular weight excluding hydrogens is 368 g/mol. The average molecular weight is 392 g/mol. The quantitative estimate of drug-likeness (QED) is 0.601. The number of carbonyl (C=O) groups excluding carboxylic acids is 2. The number of para-hydroxylation sites is 2. The summed E-state index contributed by atoms with van der Waals surface area (Å²) in [6, 6.07) is 16.2. The van der Waals surface area contributed by atoms with Crippen LogP contribution < -0.4 is 20.7 Å². The van der Waals surface area contributed by atoms with Gasteiger partial charge in [-0.05, 0) is 30.7 Å². The van der Waals surface area contributed by atoms with Crippen LogP contribution in [0.5, 0.6) is 5.75 Å². The summed E-state index contributed by atoms with van der Waals surface area (Å²) in [6.07, 6.45) is 1.50. The van der Waals surface area contributed by atoms with Gasteiger partial charge in [-0.25, -0.2) is 0 Å². The van der Waals surface area contributed by atoms with Gasteiger partial charge in [-0.2, -0.15) is 0 Å². The molecule has 7 nitrogen and oxygen atoms in total. The van der Waals surface area contributed by atoms with Gasteiger partial charge in [0.15, 0.2) is 0 Å². The van der Waals surface area contributed by atoms with Crippen LogP contribution in [-0.4, -0.2) is 37.2 Å².